The third-order valence-corrected chi connectivity index (χ3v) is 10.4. The second kappa shape index (κ2) is 15.0. The minimum atomic E-state index is -0.785. The average Bonchev–Trinajstić information content (AvgIpc) is 3.62. The van der Waals surface area contributed by atoms with Crippen molar-refractivity contribution in [1.82, 2.24) is 9.55 Å². The van der Waals surface area contributed by atoms with Gasteiger partial charge in [0.05, 0.1) is 21.0 Å². The smallest absolute Gasteiger partial charge is 0.130 e. The molecule has 2 nitrogen and oxygen atoms in total. The molecule has 1 heterocycles. The van der Waals surface area contributed by atoms with Gasteiger partial charge in [-0.15, -0.1) is 5.98 Å². The first-order valence-electron chi connectivity index (χ1n) is 15.2. The number of aromatic nitrogens is 2. The molecule has 0 aliphatic rings. The van der Waals surface area contributed by atoms with Crippen LogP contribution in [0.4, 0.5) is 0 Å². The van der Waals surface area contributed by atoms with Crippen LogP contribution in [-0.4, -0.2) is 26.9 Å². The number of rotatable bonds is 9. The number of nitrogens with zero attached hydrogens (tertiary/aromatic N) is 2. The van der Waals surface area contributed by atoms with E-state index in [1.165, 1.54) is 45.0 Å². The molecule has 0 fully saturated rings. The summed E-state index contributed by atoms with van der Waals surface area (Å²) < 4.78 is 2.32. The van der Waals surface area contributed by atoms with E-state index in [0.717, 1.165) is 6.42 Å². The predicted octanol–water partition coefficient (Wildman–Crippen LogP) is 6.79. The van der Waals surface area contributed by atoms with E-state index in [4.69, 9.17) is 0 Å². The highest BCUT2D eigenvalue weighted by Gasteiger charge is 2.36. The van der Waals surface area contributed by atoms with Crippen molar-refractivity contribution in [2.24, 2.45) is 0 Å². The Kier molecular flexibility index (Phi) is 10.4. The largest absolute Gasteiger partial charge is 0.326 e. The molecule has 0 radical (unpaired) electrons. The summed E-state index contributed by atoms with van der Waals surface area (Å²) in [6.45, 7) is 2.24. The van der Waals surface area contributed by atoms with Crippen LogP contribution in [0.2, 0.25) is 0 Å². The lowest BCUT2D eigenvalue weighted by molar-refractivity contribution is 0.596. The van der Waals surface area contributed by atoms with Crippen molar-refractivity contribution in [1.29, 1.82) is 0 Å². The maximum absolute atomic E-state index is 4.41. The predicted molar refractivity (Wildman–Crippen MR) is 188 cm³/mol. The summed E-state index contributed by atoms with van der Waals surface area (Å²) in [7, 11) is 1.29. The number of benzene rings is 5. The normalized spacial score (nSPS) is 11.1. The molecule has 0 saturated carbocycles. The van der Waals surface area contributed by atoms with E-state index in [2.05, 4.69) is 170 Å². The van der Waals surface area contributed by atoms with Gasteiger partial charge in [-0.2, -0.15) is 0 Å². The van der Waals surface area contributed by atoms with Gasteiger partial charge in [-0.3, -0.25) is 0 Å². The van der Waals surface area contributed by atoms with Crippen LogP contribution in [0.25, 0.3) is 5.57 Å². The molecule has 0 bridgehead atoms. The molecule has 1 aromatic heterocycles. The SMILES string of the molecule is BC=C(c1ccccc1)c1ccccc1.CCCc1cccc([SiH2]C(c2ccccc2)(c2ccccc2)n2ccnc2)c1. The standard InChI is InChI=1S/C25H26N2Si.C14H13B/c1-2-10-21-11-9-16-24(19-21)28-25(27-18-17-26-20-27,22-12-5-3-6-13-22)23-14-7-4-8-15-23;15-11-14(12-7-3-1-4-8-12)13-9-5-2-6-10-13/h3-9,11-20H,2,10,28H2,1H3;1-11H,15H2. The second-order valence-corrected chi connectivity index (χ2v) is 12.9. The summed E-state index contributed by atoms with van der Waals surface area (Å²) >= 11 is 0. The molecule has 0 unspecified atom stereocenters. The van der Waals surface area contributed by atoms with Gasteiger partial charge in [0.25, 0.3) is 0 Å². The lowest BCUT2D eigenvalue weighted by atomic mass is 9.92. The van der Waals surface area contributed by atoms with E-state index in [1.807, 2.05) is 24.7 Å². The topological polar surface area (TPSA) is 17.8 Å². The Bertz CT molecular complexity index is 1600. The zero-order chi connectivity index (χ0) is 29.7. The first kappa shape index (κ1) is 29.8. The van der Waals surface area contributed by atoms with Gasteiger partial charge in [0.1, 0.15) is 7.85 Å². The number of hydrogen-bond acceptors (Lipinski definition) is 1. The highest BCUT2D eigenvalue weighted by molar-refractivity contribution is 6.57. The van der Waals surface area contributed by atoms with Crippen LogP contribution in [0.5, 0.6) is 0 Å². The van der Waals surface area contributed by atoms with E-state index in [1.54, 1.807) is 0 Å². The minimum Gasteiger partial charge on any atom is -0.326 e. The molecule has 6 aromatic rings. The van der Waals surface area contributed by atoms with Crippen molar-refractivity contribution in [2.45, 2.75) is 24.9 Å². The lowest BCUT2D eigenvalue weighted by Gasteiger charge is -2.37. The minimum absolute atomic E-state index is 0.205. The van der Waals surface area contributed by atoms with Crippen LogP contribution >= 0.6 is 0 Å². The molecule has 0 aliphatic carbocycles. The first-order chi connectivity index (χ1) is 21.2. The molecule has 0 aliphatic heterocycles. The summed E-state index contributed by atoms with van der Waals surface area (Å²) in [4.78, 5) is 4.41. The summed E-state index contributed by atoms with van der Waals surface area (Å²) in [6, 6.07) is 52.0. The highest BCUT2D eigenvalue weighted by atomic mass is 28.2. The zero-order valence-electron chi connectivity index (χ0n) is 25.2. The van der Waals surface area contributed by atoms with E-state index < -0.39 is 9.52 Å². The van der Waals surface area contributed by atoms with Gasteiger partial charge < -0.3 is 4.57 Å². The molecule has 43 heavy (non-hydrogen) atoms. The molecule has 0 saturated heterocycles. The van der Waals surface area contributed by atoms with E-state index >= 15 is 0 Å². The number of hydrogen-bond donors (Lipinski definition) is 0. The first-order valence-corrected chi connectivity index (χ1v) is 16.6. The Morgan fingerprint density at radius 1 is 0.721 bits per heavy atom. The van der Waals surface area contributed by atoms with Crippen molar-refractivity contribution < 1.29 is 0 Å². The Hall–Kier alpha value is -4.67. The van der Waals surface area contributed by atoms with Gasteiger partial charge in [-0.25, -0.2) is 4.98 Å². The molecule has 0 amide bonds. The molecular formula is C39H39BN2Si. The Morgan fingerprint density at radius 2 is 1.26 bits per heavy atom. The molecule has 5 aromatic carbocycles. The molecule has 4 heteroatoms. The average molecular weight is 575 g/mol. The van der Waals surface area contributed by atoms with E-state index in [-0.39, 0.29) is 5.16 Å². The molecule has 0 N–H and O–H groups in total. The summed E-state index contributed by atoms with van der Waals surface area (Å²) in [6.07, 6.45) is 8.29. The van der Waals surface area contributed by atoms with Crippen molar-refractivity contribution in [2.75, 3.05) is 0 Å². The summed E-state index contributed by atoms with van der Waals surface area (Å²) in [5.41, 5.74) is 7.92. The Morgan fingerprint density at radius 3 is 1.72 bits per heavy atom. The molecule has 0 atom stereocenters. The van der Waals surface area contributed by atoms with Gasteiger partial charge in [0.2, 0.25) is 0 Å². The molecule has 6 rings (SSSR count). The zero-order valence-corrected chi connectivity index (χ0v) is 26.6. The quantitative estimate of drug-likeness (QED) is 0.174. The Labute approximate surface area is 260 Å². The Balaban J connectivity index is 0.000000207. The maximum Gasteiger partial charge on any atom is 0.130 e. The van der Waals surface area contributed by atoms with Crippen molar-refractivity contribution in [3.63, 3.8) is 0 Å². The van der Waals surface area contributed by atoms with Crippen LogP contribution in [0.1, 0.15) is 41.2 Å². The molecule has 212 valence electrons. The van der Waals surface area contributed by atoms with Gasteiger partial charge in [0, 0.05) is 12.4 Å². The lowest BCUT2D eigenvalue weighted by Crippen LogP contribution is -2.46. The van der Waals surface area contributed by atoms with E-state index in [9.17, 15) is 0 Å². The van der Waals surface area contributed by atoms with Crippen LogP contribution in [0, 0.1) is 0 Å². The number of imidazole rings is 1. The van der Waals surface area contributed by atoms with Crippen LogP contribution in [0.3, 0.4) is 0 Å². The fourth-order valence-electron chi connectivity index (χ4n) is 5.89. The van der Waals surface area contributed by atoms with Gasteiger partial charge >= 0.3 is 0 Å². The fraction of sp³-hybridized carbons (Fsp3) is 0.103. The van der Waals surface area contributed by atoms with Crippen LogP contribution in [-0.2, 0) is 11.6 Å². The number of aryl methyl sites for hydroxylation is 1. The van der Waals surface area contributed by atoms with Crippen molar-refractivity contribution in [3.05, 3.63) is 198 Å². The monoisotopic (exact) mass is 574 g/mol. The summed E-state index contributed by atoms with van der Waals surface area (Å²) in [5.74, 6) is 2.16. The highest BCUT2D eigenvalue weighted by Crippen LogP contribution is 2.33. The van der Waals surface area contributed by atoms with E-state index in [0.29, 0.717) is 0 Å². The second-order valence-electron chi connectivity index (χ2n) is 10.7. The third kappa shape index (κ3) is 7.22. The van der Waals surface area contributed by atoms with Gasteiger partial charge in [0.15, 0.2) is 0 Å². The molecule has 0 spiro atoms. The van der Waals surface area contributed by atoms with Crippen molar-refractivity contribution >= 4 is 28.1 Å². The third-order valence-electron chi connectivity index (χ3n) is 7.90. The van der Waals surface area contributed by atoms with Crippen LogP contribution < -0.4 is 5.19 Å². The fourth-order valence-corrected chi connectivity index (χ4v) is 8.35. The van der Waals surface area contributed by atoms with Crippen molar-refractivity contribution in [3.8, 4) is 0 Å². The summed E-state index contributed by atoms with van der Waals surface area (Å²) in [5, 5.41) is 1.27. The van der Waals surface area contributed by atoms with Gasteiger partial charge in [-0.1, -0.05) is 164 Å². The maximum atomic E-state index is 4.41. The van der Waals surface area contributed by atoms with Crippen LogP contribution in [0.15, 0.2) is 170 Å². The molecular weight excluding hydrogens is 535 g/mol. The van der Waals surface area contributed by atoms with Gasteiger partial charge in [-0.05, 0) is 39.8 Å².